The van der Waals surface area contributed by atoms with Crippen LogP contribution in [-0.4, -0.2) is 0 Å². The summed E-state index contributed by atoms with van der Waals surface area (Å²) in [6.45, 7) is 0. The number of para-hydroxylation sites is 1. The van der Waals surface area contributed by atoms with Gasteiger partial charge in [-0.2, -0.15) is 0 Å². The molecule has 0 saturated carbocycles. The Morgan fingerprint density at radius 1 is 0.235 bits per heavy atom. The van der Waals surface area contributed by atoms with Gasteiger partial charge in [0, 0.05) is 28.0 Å². The van der Waals surface area contributed by atoms with E-state index in [0.717, 1.165) is 56.0 Å². The summed E-state index contributed by atoms with van der Waals surface area (Å²) in [5, 5.41) is 11.2. The first kappa shape index (κ1) is 39.4. The van der Waals surface area contributed by atoms with Crippen LogP contribution in [0.4, 0.5) is 17.1 Å². The van der Waals surface area contributed by atoms with E-state index in [9.17, 15) is 0 Å². The van der Waals surface area contributed by atoms with Crippen molar-refractivity contribution in [2.75, 3.05) is 4.90 Å². The Labute approximate surface area is 395 Å². The zero-order valence-corrected chi connectivity index (χ0v) is 37.2. The topological polar surface area (TPSA) is 16.4 Å². The van der Waals surface area contributed by atoms with E-state index in [1.165, 1.54) is 70.9 Å². The first-order valence-electron chi connectivity index (χ1n) is 23.3. The first-order valence-corrected chi connectivity index (χ1v) is 23.3. The van der Waals surface area contributed by atoms with Gasteiger partial charge in [0.25, 0.3) is 0 Å². The minimum atomic E-state index is 0.878. The van der Waals surface area contributed by atoms with Crippen molar-refractivity contribution in [1.29, 1.82) is 0 Å². The van der Waals surface area contributed by atoms with Crippen molar-refractivity contribution >= 4 is 71.1 Å². The molecule has 0 saturated heterocycles. The van der Waals surface area contributed by atoms with Crippen molar-refractivity contribution in [3.05, 3.63) is 261 Å². The Balaban J connectivity index is 0.853. The van der Waals surface area contributed by atoms with Crippen LogP contribution in [0.1, 0.15) is 0 Å². The van der Waals surface area contributed by atoms with E-state index in [1.54, 1.807) is 0 Å². The van der Waals surface area contributed by atoms with E-state index >= 15 is 0 Å². The van der Waals surface area contributed by atoms with Crippen molar-refractivity contribution < 1.29 is 4.42 Å². The third-order valence-electron chi connectivity index (χ3n) is 13.7. The summed E-state index contributed by atoms with van der Waals surface area (Å²) in [7, 11) is 0. The van der Waals surface area contributed by atoms with Crippen LogP contribution in [0.15, 0.2) is 265 Å². The van der Waals surface area contributed by atoms with E-state index in [0.29, 0.717) is 0 Å². The number of rotatable bonds is 8. The molecule has 0 amide bonds. The second-order valence-electron chi connectivity index (χ2n) is 17.7. The maximum absolute atomic E-state index is 6.20. The predicted octanol–water partition coefficient (Wildman–Crippen LogP) is 18.9. The van der Waals surface area contributed by atoms with Gasteiger partial charge >= 0.3 is 0 Å². The van der Waals surface area contributed by atoms with Gasteiger partial charge in [-0.3, -0.25) is 0 Å². The second kappa shape index (κ2) is 16.5. The van der Waals surface area contributed by atoms with Crippen LogP contribution in [0.3, 0.4) is 0 Å². The molecule has 0 aliphatic rings. The maximum Gasteiger partial charge on any atom is 0.135 e. The van der Waals surface area contributed by atoms with Gasteiger partial charge in [-0.25, -0.2) is 0 Å². The lowest BCUT2D eigenvalue weighted by molar-refractivity contribution is 0.631. The number of fused-ring (bicyclic) bond motifs is 7. The van der Waals surface area contributed by atoms with Crippen LogP contribution in [0.2, 0.25) is 0 Å². The van der Waals surface area contributed by atoms with E-state index in [4.69, 9.17) is 4.42 Å². The molecule has 1 aromatic heterocycles. The number of anilines is 3. The molecule has 0 N–H and O–H groups in total. The molecule has 0 aliphatic carbocycles. The Morgan fingerprint density at radius 3 is 1.12 bits per heavy atom. The van der Waals surface area contributed by atoms with E-state index < -0.39 is 0 Å². The smallest absolute Gasteiger partial charge is 0.135 e. The Hall–Kier alpha value is -8.98. The Bertz CT molecular complexity index is 3800. The SMILES string of the molecule is c1cc(-c2ccc(-c3ccc(N(c4ccc(-c5cc6ccccc6c6ccccc56)cc4)c4ccc(-c5cc6ccccc6c6ccccc56)cc4)cc3)cc2)cc(-c2cc3ccccc3o2)c1. The predicted molar refractivity (Wildman–Crippen MR) is 288 cm³/mol. The van der Waals surface area contributed by atoms with E-state index in [2.05, 4.69) is 248 Å². The molecule has 12 aromatic carbocycles. The van der Waals surface area contributed by atoms with Gasteiger partial charge in [0.2, 0.25) is 0 Å². The summed E-state index contributed by atoms with van der Waals surface area (Å²) < 4.78 is 6.20. The summed E-state index contributed by atoms with van der Waals surface area (Å²) in [6, 6.07) is 94.5. The highest BCUT2D eigenvalue weighted by Gasteiger charge is 2.17. The quantitative estimate of drug-likeness (QED) is 0.142. The molecule has 0 aliphatic heterocycles. The molecule has 2 nitrogen and oxygen atoms in total. The molecule has 318 valence electrons. The van der Waals surface area contributed by atoms with Gasteiger partial charge in [-0.15, -0.1) is 0 Å². The summed E-state index contributed by atoms with van der Waals surface area (Å²) in [5.41, 5.74) is 14.7. The van der Waals surface area contributed by atoms with Gasteiger partial charge in [0.1, 0.15) is 11.3 Å². The molecule has 0 unspecified atom stereocenters. The average molecular weight is 866 g/mol. The van der Waals surface area contributed by atoms with Gasteiger partial charge in [-0.1, -0.05) is 194 Å². The highest BCUT2D eigenvalue weighted by molar-refractivity contribution is 6.15. The van der Waals surface area contributed by atoms with Crippen LogP contribution in [0.25, 0.3) is 110 Å². The Kier molecular flexibility index (Phi) is 9.54. The highest BCUT2D eigenvalue weighted by atomic mass is 16.3. The lowest BCUT2D eigenvalue weighted by Crippen LogP contribution is -2.09. The minimum absolute atomic E-state index is 0.878. The normalized spacial score (nSPS) is 11.5. The molecular formula is C66H43NO. The fourth-order valence-electron chi connectivity index (χ4n) is 10.2. The van der Waals surface area contributed by atoms with Crippen molar-refractivity contribution in [3.8, 4) is 55.8 Å². The average Bonchev–Trinajstić information content (AvgIpc) is 3.86. The largest absolute Gasteiger partial charge is 0.456 e. The number of furan rings is 1. The summed E-state index contributed by atoms with van der Waals surface area (Å²) in [5.74, 6) is 0.878. The van der Waals surface area contributed by atoms with Crippen LogP contribution >= 0.6 is 0 Å². The zero-order valence-electron chi connectivity index (χ0n) is 37.2. The maximum atomic E-state index is 6.20. The monoisotopic (exact) mass is 865 g/mol. The Morgan fingerprint density at radius 2 is 0.618 bits per heavy atom. The fourth-order valence-corrected chi connectivity index (χ4v) is 10.2. The lowest BCUT2D eigenvalue weighted by Gasteiger charge is -2.26. The molecule has 0 spiro atoms. The van der Waals surface area contributed by atoms with Gasteiger partial charge in [-0.05, 0) is 154 Å². The standard InChI is InChI=1S/C66H43NO/c1-4-17-57-50(12-1)41-63(61-21-8-6-19-59(57)61)47-30-36-55(37-31-47)67(56-38-32-48(33-39-56)64-42-51-13-2-5-18-58(51)60-20-7-9-22-62(60)64)54-34-28-45(29-35-54)44-24-26-46(27-25-44)49-15-11-16-52(40-49)66-43-53-14-3-10-23-65(53)68-66/h1-43H. The summed E-state index contributed by atoms with van der Waals surface area (Å²) in [6.07, 6.45) is 0. The molecule has 0 radical (unpaired) electrons. The molecule has 2 heteroatoms. The van der Waals surface area contributed by atoms with Crippen molar-refractivity contribution in [1.82, 2.24) is 0 Å². The van der Waals surface area contributed by atoms with Crippen LogP contribution in [0, 0.1) is 0 Å². The summed E-state index contributed by atoms with van der Waals surface area (Å²) >= 11 is 0. The number of nitrogens with zero attached hydrogens (tertiary/aromatic N) is 1. The van der Waals surface area contributed by atoms with Crippen molar-refractivity contribution in [3.63, 3.8) is 0 Å². The first-order chi connectivity index (χ1) is 33.7. The van der Waals surface area contributed by atoms with Crippen LogP contribution < -0.4 is 4.90 Å². The summed E-state index contributed by atoms with van der Waals surface area (Å²) in [4.78, 5) is 2.37. The number of benzene rings is 12. The number of hydrogen-bond donors (Lipinski definition) is 0. The van der Waals surface area contributed by atoms with Crippen molar-refractivity contribution in [2.24, 2.45) is 0 Å². The van der Waals surface area contributed by atoms with Gasteiger partial charge in [0.05, 0.1) is 0 Å². The van der Waals surface area contributed by atoms with Gasteiger partial charge < -0.3 is 9.32 Å². The molecule has 1 heterocycles. The molecule has 0 fully saturated rings. The minimum Gasteiger partial charge on any atom is -0.456 e. The van der Waals surface area contributed by atoms with Crippen molar-refractivity contribution in [2.45, 2.75) is 0 Å². The molecule has 0 atom stereocenters. The third-order valence-corrected chi connectivity index (χ3v) is 13.7. The van der Waals surface area contributed by atoms with E-state index in [1.807, 2.05) is 18.2 Å². The molecule has 13 rings (SSSR count). The fraction of sp³-hybridized carbons (Fsp3) is 0. The molecule has 0 bridgehead atoms. The lowest BCUT2D eigenvalue weighted by atomic mass is 9.93. The van der Waals surface area contributed by atoms with Gasteiger partial charge in [0.15, 0.2) is 0 Å². The van der Waals surface area contributed by atoms with E-state index in [-0.39, 0.29) is 0 Å². The zero-order chi connectivity index (χ0) is 45.0. The third kappa shape index (κ3) is 6.99. The molecule has 13 aromatic rings. The molecular weight excluding hydrogens is 823 g/mol. The van der Waals surface area contributed by atoms with Crippen LogP contribution in [-0.2, 0) is 0 Å². The van der Waals surface area contributed by atoms with Crippen LogP contribution in [0.5, 0.6) is 0 Å². The molecule has 68 heavy (non-hydrogen) atoms. The second-order valence-corrected chi connectivity index (χ2v) is 17.7. The highest BCUT2D eigenvalue weighted by Crippen LogP contribution is 2.42. The number of hydrogen-bond acceptors (Lipinski definition) is 2.